The molecule has 2 N–H and O–H groups in total. The molecule has 1 fully saturated rings. The lowest BCUT2D eigenvalue weighted by atomic mass is 10.2. The SMILES string of the molecule is O=C(O)c1cn(-c2ccc(O)cc2)c2nc(N3CCSCC3)ncc2c1=O. The molecule has 4 rings (SSSR count). The number of pyridine rings is 1. The predicted molar refractivity (Wildman–Crippen MR) is 103 cm³/mol. The maximum atomic E-state index is 12.6. The average Bonchev–Trinajstić information content (AvgIpc) is 2.69. The Kier molecular flexibility index (Phi) is 4.44. The molecule has 1 aliphatic heterocycles. The first kappa shape index (κ1) is 17.3. The molecule has 0 bridgehead atoms. The second-order valence-corrected chi connectivity index (χ2v) is 7.29. The number of carboxylic acid groups (broad SMARTS) is 1. The predicted octanol–water partition coefficient (Wildman–Crippen LogP) is 1.74. The molecule has 1 aromatic carbocycles. The number of hydrogen-bond donors (Lipinski definition) is 2. The summed E-state index contributed by atoms with van der Waals surface area (Å²) in [6.45, 7) is 1.62. The number of rotatable bonds is 3. The van der Waals surface area contributed by atoms with Crippen molar-refractivity contribution in [1.82, 2.24) is 14.5 Å². The van der Waals surface area contributed by atoms with E-state index in [0.29, 0.717) is 17.3 Å². The molecule has 27 heavy (non-hydrogen) atoms. The maximum Gasteiger partial charge on any atom is 0.341 e. The minimum absolute atomic E-state index is 0.0868. The molecule has 2 aromatic heterocycles. The van der Waals surface area contributed by atoms with Gasteiger partial charge in [0.05, 0.1) is 5.39 Å². The zero-order chi connectivity index (χ0) is 19.0. The standard InChI is InChI=1S/C18H16N4O4S/c23-12-3-1-11(2-4-12)22-10-14(17(25)26)15(24)13-9-19-18(20-16(13)22)21-5-7-27-8-6-21/h1-4,9-10,23H,5-8H2,(H,25,26). The van der Waals surface area contributed by atoms with Gasteiger partial charge < -0.3 is 19.7 Å². The Morgan fingerprint density at radius 1 is 1.15 bits per heavy atom. The van der Waals surface area contributed by atoms with Crippen molar-refractivity contribution in [2.45, 2.75) is 0 Å². The van der Waals surface area contributed by atoms with E-state index in [1.807, 2.05) is 16.7 Å². The van der Waals surface area contributed by atoms with Crippen molar-refractivity contribution in [2.75, 3.05) is 29.5 Å². The number of carboxylic acids is 1. The number of carbonyl (C=O) groups is 1. The quantitative estimate of drug-likeness (QED) is 0.703. The van der Waals surface area contributed by atoms with Gasteiger partial charge in [0.2, 0.25) is 11.4 Å². The van der Waals surface area contributed by atoms with Gasteiger partial charge in [-0.25, -0.2) is 9.78 Å². The number of fused-ring (bicyclic) bond motifs is 1. The van der Waals surface area contributed by atoms with Crippen molar-refractivity contribution in [3.63, 3.8) is 0 Å². The van der Waals surface area contributed by atoms with Crippen LogP contribution in [0, 0.1) is 0 Å². The topological polar surface area (TPSA) is 109 Å². The van der Waals surface area contributed by atoms with E-state index in [4.69, 9.17) is 0 Å². The number of nitrogens with zero attached hydrogens (tertiary/aromatic N) is 4. The average molecular weight is 384 g/mol. The third-order valence-corrected chi connectivity index (χ3v) is 5.33. The highest BCUT2D eigenvalue weighted by Gasteiger charge is 2.20. The summed E-state index contributed by atoms with van der Waals surface area (Å²) >= 11 is 1.86. The lowest BCUT2D eigenvalue weighted by molar-refractivity contribution is 0.0695. The third-order valence-electron chi connectivity index (χ3n) is 4.38. The van der Waals surface area contributed by atoms with Crippen LogP contribution < -0.4 is 10.3 Å². The fourth-order valence-electron chi connectivity index (χ4n) is 2.98. The van der Waals surface area contributed by atoms with Gasteiger partial charge in [-0.15, -0.1) is 0 Å². The molecule has 9 heteroatoms. The van der Waals surface area contributed by atoms with E-state index in [0.717, 1.165) is 24.6 Å². The molecular formula is C18H16N4O4S. The van der Waals surface area contributed by atoms with Crippen LogP contribution in [0.15, 0.2) is 41.5 Å². The number of anilines is 1. The van der Waals surface area contributed by atoms with Gasteiger partial charge in [-0.3, -0.25) is 4.79 Å². The zero-order valence-electron chi connectivity index (χ0n) is 14.2. The van der Waals surface area contributed by atoms with Gasteiger partial charge in [0.25, 0.3) is 0 Å². The van der Waals surface area contributed by atoms with E-state index < -0.39 is 11.4 Å². The van der Waals surface area contributed by atoms with E-state index in [1.54, 1.807) is 16.7 Å². The van der Waals surface area contributed by atoms with Crippen molar-refractivity contribution in [3.05, 3.63) is 52.4 Å². The van der Waals surface area contributed by atoms with Crippen LogP contribution in [0.1, 0.15) is 10.4 Å². The zero-order valence-corrected chi connectivity index (χ0v) is 15.0. The summed E-state index contributed by atoms with van der Waals surface area (Å²) in [4.78, 5) is 35.0. The van der Waals surface area contributed by atoms with Crippen molar-refractivity contribution < 1.29 is 15.0 Å². The van der Waals surface area contributed by atoms with E-state index in [9.17, 15) is 19.8 Å². The summed E-state index contributed by atoms with van der Waals surface area (Å²) in [5, 5.41) is 19.1. The summed E-state index contributed by atoms with van der Waals surface area (Å²) in [6, 6.07) is 6.24. The van der Waals surface area contributed by atoms with Crippen LogP contribution in [0.25, 0.3) is 16.7 Å². The molecule has 3 aromatic rings. The highest BCUT2D eigenvalue weighted by molar-refractivity contribution is 7.99. The monoisotopic (exact) mass is 384 g/mol. The summed E-state index contributed by atoms with van der Waals surface area (Å²) < 4.78 is 1.55. The minimum Gasteiger partial charge on any atom is -0.508 e. The smallest absolute Gasteiger partial charge is 0.341 e. The number of aromatic carboxylic acids is 1. The Hall–Kier alpha value is -3.07. The Morgan fingerprint density at radius 3 is 2.52 bits per heavy atom. The Bertz CT molecular complexity index is 1080. The van der Waals surface area contributed by atoms with Gasteiger partial charge in [0.1, 0.15) is 11.3 Å². The van der Waals surface area contributed by atoms with Crippen molar-refractivity contribution in [2.24, 2.45) is 0 Å². The third kappa shape index (κ3) is 3.21. The molecule has 0 radical (unpaired) electrons. The molecule has 138 valence electrons. The van der Waals surface area contributed by atoms with Crippen LogP contribution in [0.2, 0.25) is 0 Å². The second-order valence-electron chi connectivity index (χ2n) is 6.07. The molecule has 1 aliphatic rings. The van der Waals surface area contributed by atoms with E-state index >= 15 is 0 Å². The fraction of sp³-hybridized carbons (Fsp3) is 0.222. The lowest BCUT2D eigenvalue weighted by Gasteiger charge is -2.26. The van der Waals surface area contributed by atoms with E-state index in [1.165, 1.54) is 24.5 Å². The highest BCUT2D eigenvalue weighted by atomic mass is 32.2. The summed E-state index contributed by atoms with van der Waals surface area (Å²) in [6.07, 6.45) is 2.66. The fourth-order valence-corrected chi connectivity index (χ4v) is 3.88. The molecule has 1 saturated heterocycles. The minimum atomic E-state index is -1.31. The van der Waals surface area contributed by atoms with Crippen LogP contribution in [0.3, 0.4) is 0 Å². The Morgan fingerprint density at radius 2 is 1.85 bits per heavy atom. The lowest BCUT2D eigenvalue weighted by Crippen LogP contribution is -2.34. The van der Waals surface area contributed by atoms with Crippen LogP contribution in [-0.4, -0.2) is 55.3 Å². The van der Waals surface area contributed by atoms with Crippen LogP contribution in [0.4, 0.5) is 5.95 Å². The summed E-state index contributed by atoms with van der Waals surface area (Å²) in [5.74, 6) is 1.24. The Labute approximate surface area is 158 Å². The van der Waals surface area contributed by atoms with Crippen molar-refractivity contribution >= 4 is 34.7 Å². The van der Waals surface area contributed by atoms with Crippen molar-refractivity contribution in [1.29, 1.82) is 0 Å². The Balaban J connectivity index is 1.96. The number of aromatic hydroxyl groups is 1. The highest BCUT2D eigenvalue weighted by Crippen LogP contribution is 2.21. The molecule has 0 atom stereocenters. The van der Waals surface area contributed by atoms with Crippen LogP contribution in [0.5, 0.6) is 5.75 Å². The molecule has 0 unspecified atom stereocenters. The second kappa shape index (κ2) is 6.92. The van der Waals surface area contributed by atoms with Gasteiger partial charge in [-0.2, -0.15) is 16.7 Å². The number of thioether (sulfide) groups is 1. The van der Waals surface area contributed by atoms with Crippen LogP contribution in [-0.2, 0) is 0 Å². The van der Waals surface area contributed by atoms with Gasteiger partial charge in [0, 0.05) is 42.7 Å². The van der Waals surface area contributed by atoms with E-state index in [-0.39, 0.29) is 16.7 Å². The van der Waals surface area contributed by atoms with E-state index in [2.05, 4.69) is 9.97 Å². The van der Waals surface area contributed by atoms with Gasteiger partial charge in [0.15, 0.2) is 5.65 Å². The molecule has 3 heterocycles. The van der Waals surface area contributed by atoms with Crippen molar-refractivity contribution in [3.8, 4) is 11.4 Å². The molecule has 8 nitrogen and oxygen atoms in total. The normalized spacial score (nSPS) is 14.4. The van der Waals surface area contributed by atoms with Crippen LogP contribution >= 0.6 is 11.8 Å². The number of hydrogen-bond acceptors (Lipinski definition) is 7. The molecule has 0 aliphatic carbocycles. The number of phenolic OH excluding ortho intramolecular Hbond substituents is 1. The molecule has 0 saturated carbocycles. The first-order valence-electron chi connectivity index (χ1n) is 8.32. The largest absolute Gasteiger partial charge is 0.508 e. The summed E-state index contributed by atoms with van der Waals surface area (Å²) in [7, 11) is 0. The molecule has 0 spiro atoms. The van der Waals surface area contributed by atoms with Gasteiger partial charge in [-0.1, -0.05) is 0 Å². The van der Waals surface area contributed by atoms with Gasteiger partial charge in [-0.05, 0) is 24.3 Å². The number of phenols is 1. The van der Waals surface area contributed by atoms with Gasteiger partial charge >= 0.3 is 5.97 Å². The number of benzene rings is 1. The first-order valence-corrected chi connectivity index (χ1v) is 9.48. The number of aromatic nitrogens is 3. The summed E-state index contributed by atoms with van der Waals surface area (Å²) in [5.41, 5.74) is -0.0624. The first-order chi connectivity index (χ1) is 13.0. The molecule has 0 amide bonds. The molecular weight excluding hydrogens is 368 g/mol. The maximum absolute atomic E-state index is 12.6.